The van der Waals surface area contributed by atoms with Crippen molar-refractivity contribution in [3.8, 4) is 11.1 Å². The van der Waals surface area contributed by atoms with E-state index < -0.39 is 6.04 Å². The number of halogens is 1. The van der Waals surface area contributed by atoms with Crippen molar-refractivity contribution >= 4 is 50.2 Å². The van der Waals surface area contributed by atoms with Crippen molar-refractivity contribution in [1.82, 2.24) is 34.5 Å². The number of Topliss-reactive ketones (excluding diaryl/α,β-unsaturated/α-hetero) is 1. The third kappa shape index (κ3) is 5.20. The number of fused-ring (bicyclic) bond motifs is 2. The summed E-state index contributed by atoms with van der Waals surface area (Å²) in [6.07, 6.45) is 4.89. The molecule has 3 atom stereocenters. The number of ketones is 1. The lowest BCUT2D eigenvalue weighted by molar-refractivity contribution is -0.138. The molecule has 2 fully saturated rings. The zero-order valence-electron chi connectivity index (χ0n) is 23.8. The summed E-state index contributed by atoms with van der Waals surface area (Å²) in [4.78, 5) is 56.8. The Morgan fingerprint density at radius 3 is 2.55 bits per heavy atom. The monoisotopic (exact) mass is 630 g/mol. The number of nitrogens with zero attached hydrogens (tertiary/aromatic N) is 7. The lowest BCUT2D eigenvalue weighted by Gasteiger charge is -2.27. The van der Waals surface area contributed by atoms with Crippen LogP contribution in [0.5, 0.6) is 0 Å². The van der Waals surface area contributed by atoms with Gasteiger partial charge in [-0.1, -0.05) is 12.1 Å². The lowest BCUT2D eigenvalue weighted by atomic mass is 9.98. The molecule has 2 aliphatic rings. The molecule has 3 aromatic heterocycles. The number of nitrogens with one attached hydrogen (secondary N) is 1. The SMILES string of the molecule is CC(=O)c1nn(CC(=O)N2[C@H](C(=O)Nc3cccc(Br)n3)C[C@@]3(CN(C)C)C[C@@H]23)c2ccc(-c3cnc(C)nc3)cc12. The Bertz CT molecular complexity index is 1720. The van der Waals surface area contributed by atoms with E-state index in [1.807, 2.05) is 39.2 Å². The minimum Gasteiger partial charge on any atom is -0.325 e. The van der Waals surface area contributed by atoms with Crippen molar-refractivity contribution in [3.63, 3.8) is 0 Å². The summed E-state index contributed by atoms with van der Waals surface area (Å²) < 4.78 is 2.18. The molecule has 4 heterocycles. The van der Waals surface area contributed by atoms with Crippen molar-refractivity contribution in [2.45, 2.75) is 45.3 Å². The van der Waals surface area contributed by atoms with Crippen LogP contribution in [0.25, 0.3) is 22.0 Å². The Morgan fingerprint density at radius 1 is 1.10 bits per heavy atom. The number of aromatic nitrogens is 5. The molecule has 0 radical (unpaired) electrons. The van der Waals surface area contributed by atoms with Crippen LogP contribution in [0.3, 0.4) is 0 Å². The van der Waals surface area contributed by atoms with Gasteiger partial charge >= 0.3 is 0 Å². The second kappa shape index (κ2) is 10.7. The molecule has 1 aliphatic carbocycles. The van der Waals surface area contributed by atoms with Crippen LogP contribution in [-0.4, -0.2) is 84.9 Å². The molecule has 1 N–H and O–H groups in total. The van der Waals surface area contributed by atoms with Crippen LogP contribution in [0.1, 0.15) is 36.1 Å². The van der Waals surface area contributed by atoms with Crippen molar-refractivity contribution < 1.29 is 14.4 Å². The number of benzene rings is 1. The summed E-state index contributed by atoms with van der Waals surface area (Å²) in [5.74, 6) is 0.413. The van der Waals surface area contributed by atoms with Gasteiger partial charge in [0.25, 0.3) is 0 Å². The number of piperidine rings is 1. The Balaban J connectivity index is 1.30. The van der Waals surface area contributed by atoms with Crippen LogP contribution in [0.2, 0.25) is 0 Å². The van der Waals surface area contributed by atoms with Gasteiger partial charge in [-0.3, -0.25) is 19.1 Å². The van der Waals surface area contributed by atoms with Crippen molar-refractivity contribution in [2.75, 3.05) is 26.0 Å². The summed E-state index contributed by atoms with van der Waals surface area (Å²) >= 11 is 3.34. The average Bonchev–Trinajstić information content (AvgIpc) is 3.33. The van der Waals surface area contributed by atoms with E-state index >= 15 is 0 Å². The van der Waals surface area contributed by atoms with E-state index in [1.54, 1.807) is 40.2 Å². The number of anilines is 1. The summed E-state index contributed by atoms with van der Waals surface area (Å²) in [6.45, 7) is 3.97. The van der Waals surface area contributed by atoms with Gasteiger partial charge in [0.2, 0.25) is 11.8 Å². The van der Waals surface area contributed by atoms with Gasteiger partial charge in [0.15, 0.2) is 5.78 Å². The van der Waals surface area contributed by atoms with Gasteiger partial charge in [-0.25, -0.2) is 15.0 Å². The molecule has 0 unspecified atom stereocenters. The average molecular weight is 632 g/mol. The fraction of sp³-hybridized carbons (Fsp3) is 0.367. The highest BCUT2D eigenvalue weighted by Gasteiger charge is 2.67. The highest BCUT2D eigenvalue weighted by atomic mass is 79.9. The van der Waals surface area contributed by atoms with E-state index in [2.05, 4.69) is 46.2 Å². The van der Waals surface area contributed by atoms with E-state index in [1.165, 1.54) is 6.92 Å². The number of amides is 2. The number of likely N-dealkylation sites (tertiary alicyclic amines) is 1. The van der Waals surface area contributed by atoms with Gasteiger partial charge < -0.3 is 15.1 Å². The molecule has 2 amide bonds. The number of pyridine rings is 1. The van der Waals surface area contributed by atoms with E-state index in [0.29, 0.717) is 33.6 Å². The van der Waals surface area contributed by atoms with Gasteiger partial charge in [-0.2, -0.15) is 5.10 Å². The molecule has 6 rings (SSSR count). The normalized spacial score (nSPS) is 21.0. The molecule has 42 heavy (non-hydrogen) atoms. The zero-order valence-corrected chi connectivity index (χ0v) is 25.4. The second-order valence-electron chi connectivity index (χ2n) is 11.5. The Kier molecular flexibility index (Phi) is 7.14. The van der Waals surface area contributed by atoms with Crippen LogP contribution in [0, 0.1) is 12.3 Å². The first-order chi connectivity index (χ1) is 20.0. The highest BCUT2D eigenvalue weighted by molar-refractivity contribution is 9.10. The molecular weight excluding hydrogens is 600 g/mol. The third-order valence-electron chi connectivity index (χ3n) is 8.09. The summed E-state index contributed by atoms with van der Waals surface area (Å²) in [7, 11) is 4.01. The number of rotatable bonds is 8. The van der Waals surface area contributed by atoms with E-state index in [9.17, 15) is 14.4 Å². The van der Waals surface area contributed by atoms with Crippen molar-refractivity contribution in [3.05, 3.63) is 64.9 Å². The first-order valence-corrected chi connectivity index (χ1v) is 14.5. The van der Waals surface area contributed by atoms with Crippen LogP contribution in [-0.2, 0) is 16.1 Å². The van der Waals surface area contributed by atoms with Crippen LogP contribution >= 0.6 is 15.9 Å². The lowest BCUT2D eigenvalue weighted by Crippen LogP contribution is -2.46. The minimum atomic E-state index is -0.640. The Labute approximate surface area is 251 Å². The topological polar surface area (TPSA) is 126 Å². The predicted octanol–water partition coefficient (Wildman–Crippen LogP) is 3.72. The fourth-order valence-electron chi connectivity index (χ4n) is 6.25. The smallest absolute Gasteiger partial charge is 0.248 e. The van der Waals surface area contributed by atoms with Gasteiger partial charge in [-0.05, 0) is 79.6 Å². The molecule has 1 saturated carbocycles. The molecule has 12 heteroatoms. The second-order valence-corrected chi connectivity index (χ2v) is 12.3. The maximum Gasteiger partial charge on any atom is 0.248 e. The molecule has 1 aromatic carbocycles. The maximum absolute atomic E-state index is 14.0. The molecular formula is C30H31BrN8O3. The molecule has 1 saturated heterocycles. The van der Waals surface area contributed by atoms with Crippen LogP contribution in [0.4, 0.5) is 5.82 Å². The Hall–Kier alpha value is -4.03. The Morgan fingerprint density at radius 2 is 1.86 bits per heavy atom. The zero-order chi connectivity index (χ0) is 29.8. The van der Waals surface area contributed by atoms with Gasteiger partial charge in [-0.15, -0.1) is 0 Å². The molecule has 216 valence electrons. The van der Waals surface area contributed by atoms with Gasteiger partial charge in [0.1, 0.15) is 34.5 Å². The number of hydrogen-bond donors (Lipinski definition) is 1. The maximum atomic E-state index is 14.0. The molecule has 0 bridgehead atoms. The number of hydrogen-bond acceptors (Lipinski definition) is 8. The largest absolute Gasteiger partial charge is 0.325 e. The summed E-state index contributed by atoms with van der Waals surface area (Å²) in [5.41, 5.74) is 2.49. The molecule has 1 aliphatic heterocycles. The fourth-order valence-corrected chi connectivity index (χ4v) is 6.59. The van der Waals surface area contributed by atoms with Crippen LogP contribution < -0.4 is 5.32 Å². The first-order valence-electron chi connectivity index (χ1n) is 13.7. The van der Waals surface area contributed by atoms with Gasteiger partial charge in [0, 0.05) is 48.3 Å². The van der Waals surface area contributed by atoms with E-state index in [-0.39, 0.29) is 41.3 Å². The molecule has 4 aromatic rings. The standard InChI is InChI=1S/C30H31BrN8O3/c1-17(40)28-21-10-19(20-13-32-18(2)33-14-20)8-9-22(21)38(36-28)15-27(41)39-23(11-30(12-24(30)39)16-37(3)4)29(42)35-26-7-5-6-25(31)34-26/h5-10,13-14,23-24H,11-12,15-16H2,1-4H3,(H,34,35,42)/t23-,24+,30-/m0/s1. The van der Waals surface area contributed by atoms with Gasteiger partial charge in [0.05, 0.1) is 5.52 Å². The number of carbonyl (C=O) groups excluding carboxylic acids is 3. The van der Waals surface area contributed by atoms with Crippen molar-refractivity contribution in [1.29, 1.82) is 0 Å². The van der Waals surface area contributed by atoms with Crippen LogP contribution in [0.15, 0.2) is 53.4 Å². The quantitative estimate of drug-likeness (QED) is 0.231. The number of carbonyl (C=O) groups is 3. The third-order valence-corrected chi connectivity index (χ3v) is 8.53. The van der Waals surface area contributed by atoms with E-state index in [4.69, 9.17) is 0 Å². The molecule has 11 nitrogen and oxygen atoms in total. The molecule has 0 spiro atoms. The summed E-state index contributed by atoms with van der Waals surface area (Å²) in [6, 6.07) is 10.3. The summed E-state index contributed by atoms with van der Waals surface area (Å²) in [5, 5.41) is 8.11. The first kappa shape index (κ1) is 28.1. The van der Waals surface area contributed by atoms with E-state index in [0.717, 1.165) is 24.1 Å². The number of aryl methyl sites for hydroxylation is 1. The highest BCUT2D eigenvalue weighted by Crippen LogP contribution is 2.60. The minimum absolute atomic E-state index is 0.0409. The predicted molar refractivity (Wildman–Crippen MR) is 161 cm³/mol. The van der Waals surface area contributed by atoms with Crippen molar-refractivity contribution in [2.24, 2.45) is 5.41 Å².